The molecule has 1 atom stereocenters. The van der Waals surface area contributed by atoms with Gasteiger partial charge in [0.15, 0.2) is 0 Å². The lowest BCUT2D eigenvalue weighted by molar-refractivity contribution is 0.632. The second-order valence-electron chi connectivity index (χ2n) is 5.09. The fraction of sp³-hybridized carbons (Fsp3) is 0.375. The molecule has 2 aromatic rings. The van der Waals surface area contributed by atoms with Crippen molar-refractivity contribution >= 4 is 11.6 Å². The van der Waals surface area contributed by atoms with Gasteiger partial charge in [-0.2, -0.15) is 0 Å². The predicted octanol–water partition coefficient (Wildman–Crippen LogP) is 3.31. The highest BCUT2D eigenvalue weighted by molar-refractivity contribution is 6.30. The number of aryl methyl sites for hydroxylation is 1. The van der Waals surface area contributed by atoms with Gasteiger partial charge < -0.3 is 5.73 Å². The molecule has 1 unspecified atom stereocenters. The van der Waals surface area contributed by atoms with E-state index in [1.54, 1.807) is 0 Å². The molecule has 0 saturated carbocycles. The van der Waals surface area contributed by atoms with Gasteiger partial charge in [-0.05, 0) is 37.1 Å². The first-order chi connectivity index (χ1) is 9.56. The van der Waals surface area contributed by atoms with Gasteiger partial charge in [-0.15, -0.1) is 0 Å². The number of aromatic nitrogens is 2. The molecule has 20 heavy (non-hydrogen) atoms. The lowest BCUT2D eigenvalue weighted by Crippen LogP contribution is -2.22. The van der Waals surface area contributed by atoms with Crippen LogP contribution in [0.3, 0.4) is 0 Å². The van der Waals surface area contributed by atoms with Crippen molar-refractivity contribution in [3.05, 3.63) is 58.1 Å². The van der Waals surface area contributed by atoms with Gasteiger partial charge in [0.1, 0.15) is 5.82 Å². The van der Waals surface area contributed by atoms with Crippen LogP contribution in [-0.4, -0.2) is 16.0 Å². The fourth-order valence-electron chi connectivity index (χ4n) is 2.08. The van der Waals surface area contributed by atoms with Crippen LogP contribution in [0.25, 0.3) is 0 Å². The van der Waals surface area contributed by atoms with E-state index in [2.05, 4.69) is 16.9 Å². The molecule has 106 valence electrons. The largest absolute Gasteiger partial charge is 0.327 e. The Morgan fingerprint density at radius 2 is 1.90 bits per heavy atom. The summed E-state index contributed by atoms with van der Waals surface area (Å²) in [6.07, 6.45) is 2.47. The number of nitrogens with zero attached hydrogens (tertiary/aromatic N) is 2. The summed E-state index contributed by atoms with van der Waals surface area (Å²) in [5, 5.41) is 0.744. The summed E-state index contributed by atoms with van der Waals surface area (Å²) < 4.78 is 0. The predicted molar refractivity (Wildman–Crippen MR) is 83.0 cm³/mol. The molecule has 0 aliphatic rings. The maximum absolute atomic E-state index is 6.00. The van der Waals surface area contributed by atoms with E-state index in [0.717, 1.165) is 40.6 Å². The molecule has 0 fully saturated rings. The van der Waals surface area contributed by atoms with Gasteiger partial charge in [-0.3, -0.25) is 0 Å². The Hall–Kier alpha value is -1.45. The van der Waals surface area contributed by atoms with Crippen LogP contribution in [0.1, 0.15) is 36.1 Å². The molecule has 2 N–H and O–H groups in total. The zero-order valence-electron chi connectivity index (χ0n) is 11.9. The van der Waals surface area contributed by atoms with Crippen LogP contribution in [0.5, 0.6) is 0 Å². The first-order valence-corrected chi connectivity index (χ1v) is 7.28. The molecule has 0 radical (unpaired) electrons. The molecular weight excluding hydrogens is 270 g/mol. The fourth-order valence-corrected chi connectivity index (χ4v) is 2.21. The number of rotatable bonds is 5. The minimum absolute atomic E-state index is 0.160. The van der Waals surface area contributed by atoms with Gasteiger partial charge in [0.05, 0.1) is 0 Å². The maximum atomic E-state index is 6.00. The Balaban J connectivity index is 2.17. The average Bonchev–Trinajstić information content (AvgIpc) is 2.40. The zero-order valence-corrected chi connectivity index (χ0v) is 12.7. The van der Waals surface area contributed by atoms with Crippen LogP contribution in [-0.2, 0) is 12.8 Å². The first-order valence-electron chi connectivity index (χ1n) is 6.90. The van der Waals surface area contributed by atoms with Crippen molar-refractivity contribution in [2.75, 3.05) is 0 Å². The van der Waals surface area contributed by atoms with Crippen molar-refractivity contribution in [2.24, 2.45) is 5.73 Å². The Kier molecular flexibility index (Phi) is 5.10. The molecule has 1 heterocycles. The van der Waals surface area contributed by atoms with Crippen molar-refractivity contribution < 1.29 is 0 Å². The average molecular weight is 290 g/mol. The molecule has 2 rings (SSSR count). The molecular formula is C16H20ClN3. The maximum Gasteiger partial charge on any atom is 0.133 e. The summed E-state index contributed by atoms with van der Waals surface area (Å²) in [6, 6.07) is 9.96. The monoisotopic (exact) mass is 289 g/mol. The summed E-state index contributed by atoms with van der Waals surface area (Å²) in [5.74, 6) is 0.839. The van der Waals surface area contributed by atoms with Gasteiger partial charge in [-0.1, -0.05) is 30.7 Å². The van der Waals surface area contributed by atoms with Crippen molar-refractivity contribution in [3.63, 3.8) is 0 Å². The molecule has 0 aliphatic carbocycles. The molecule has 0 amide bonds. The Morgan fingerprint density at radius 1 is 1.20 bits per heavy atom. The van der Waals surface area contributed by atoms with E-state index < -0.39 is 0 Å². The topological polar surface area (TPSA) is 51.8 Å². The van der Waals surface area contributed by atoms with E-state index in [4.69, 9.17) is 17.3 Å². The summed E-state index contributed by atoms with van der Waals surface area (Å²) in [5.41, 5.74) is 9.17. The molecule has 3 nitrogen and oxygen atoms in total. The lowest BCUT2D eigenvalue weighted by Gasteiger charge is -2.10. The summed E-state index contributed by atoms with van der Waals surface area (Å²) in [4.78, 5) is 9.11. The number of nitrogens with two attached hydrogens (primary N) is 1. The Morgan fingerprint density at radius 3 is 2.55 bits per heavy atom. The van der Waals surface area contributed by atoms with E-state index in [-0.39, 0.29) is 6.04 Å². The van der Waals surface area contributed by atoms with Crippen LogP contribution in [0, 0.1) is 6.92 Å². The molecule has 0 bridgehead atoms. The Bertz CT molecular complexity index is 566. The highest BCUT2D eigenvalue weighted by atomic mass is 35.5. The van der Waals surface area contributed by atoms with Gasteiger partial charge >= 0.3 is 0 Å². The van der Waals surface area contributed by atoms with Crippen LogP contribution < -0.4 is 5.73 Å². The van der Waals surface area contributed by atoms with Gasteiger partial charge in [0.2, 0.25) is 0 Å². The first kappa shape index (κ1) is 14.9. The second-order valence-corrected chi connectivity index (χ2v) is 5.53. The van der Waals surface area contributed by atoms with Crippen LogP contribution in [0.2, 0.25) is 5.02 Å². The minimum atomic E-state index is 0.160. The summed E-state index contributed by atoms with van der Waals surface area (Å²) in [6.45, 7) is 4.08. The van der Waals surface area contributed by atoms with Crippen LogP contribution in [0.4, 0.5) is 0 Å². The van der Waals surface area contributed by atoms with Crippen molar-refractivity contribution in [3.8, 4) is 0 Å². The van der Waals surface area contributed by atoms with E-state index in [1.807, 2.05) is 37.3 Å². The van der Waals surface area contributed by atoms with Crippen LogP contribution in [0.15, 0.2) is 30.3 Å². The van der Waals surface area contributed by atoms with Crippen molar-refractivity contribution in [1.82, 2.24) is 9.97 Å². The smallest absolute Gasteiger partial charge is 0.133 e. The van der Waals surface area contributed by atoms with Crippen LogP contribution >= 0.6 is 11.6 Å². The van der Waals surface area contributed by atoms with Crippen molar-refractivity contribution in [1.29, 1.82) is 0 Å². The zero-order chi connectivity index (χ0) is 14.5. The number of halogens is 1. The summed E-state index contributed by atoms with van der Waals surface area (Å²) >= 11 is 5.89. The van der Waals surface area contributed by atoms with E-state index in [9.17, 15) is 0 Å². The van der Waals surface area contributed by atoms with E-state index in [1.165, 1.54) is 0 Å². The van der Waals surface area contributed by atoms with Gasteiger partial charge in [-0.25, -0.2) is 9.97 Å². The normalized spacial score (nSPS) is 12.4. The SMILES string of the molecule is CCC(N)Cc1cc(C)nc(Cc2ccc(Cl)cc2)n1. The number of hydrogen-bond acceptors (Lipinski definition) is 3. The third kappa shape index (κ3) is 4.29. The van der Waals surface area contributed by atoms with E-state index >= 15 is 0 Å². The minimum Gasteiger partial charge on any atom is -0.327 e. The molecule has 4 heteroatoms. The standard InChI is InChI=1S/C16H20ClN3/c1-3-14(18)10-15-8-11(2)19-16(20-15)9-12-4-6-13(17)7-5-12/h4-8,14H,3,9-10,18H2,1-2H3. The number of benzene rings is 1. The van der Waals surface area contributed by atoms with Crippen molar-refractivity contribution in [2.45, 2.75) is 39.2 Å². The van der Waals surface area contributed by atoms with E-state index in [0.29, 0.717) is 6.42 Å². The molecule has 0 spiro atoms. The second kappa shape index (κ2) is 6.82. The van der Waals surface area contributed by atoms with Gasteiger partial charge in [0.25, 0.3) is 0 Å². The molecule has 0 aliphatic heterocycles. The quantitative estimate of drug-likeness (QED) is 0.919. The molecule has 1 aromatic carbocycles. The third-order valence-corrected chi connectivity index (χ3v) is 3.48. The summed E-state index contributed by atoms with van der Waals surface area (Å²) in [7, 11) is 0. The lowest BCUT2D eigenvalue weighted by atomic mass is 10.1. The molecule has 1 aromatic heterocycles. The highest BCUT2D eigenvalue weighted by Crippen LogP contribution is 2.13. The molecule has 0 saturated heterocycles. The number of hydrogen-bond donors (Lipinski definition) is 1. The highest BCUT2D eigenvalue weighted by Gasteiger charge is 2.07. The van der Waals surface area contributed by atoms with Gasteiger partial charge in [0, 0.05) is 35.3 Å². The Labute approximate surface area is 125 Å². The third-order valence-electron chi connectivity index (χ3n) is 3.22.